The first kappa shape index (κ1) is 15.1. The number of ether oxygens (including phenoxy) is 1. The molecule has 1 atom stereocenters. The van der Waals surface area contributed by atoms with E-state index >= 15 is 0 Å². The highest BCUT2D eigenvalue weighted by Crippen LogP contribution is 2.26. The average molecular weight is 288 g/mol. The third-order valence-corrected chi connectivity index (χ3v) is 3.33. The third-order valence-electron chi connectivity index (χ3n) is 3.33. The number of anilines is 1. The molecule has 0 aliphatic heterocycles. The zero-order valence-electron chi connectivity index (χ0n) is 11.9. The molecular weight excluding hydrogens is 268 g/mol. The molecule has 0 radical (unpaired) electrons. The first-order chi connectivity index (χ1) is 10.1. The number of carbonyl (C=O) groups is 2. The van der Waals surface area contributed by atoms with Gasteiger partial charge in [0.2, 0.25) is 11.8 Å². The number of nitrogens with one attached hydrogen (secondary N) is 1. The molecule has 1 aromatic carbocycles. The topological polar surface area (TPSA) is 81.4 Å². The third kappa shape index (κ3) is 4.95. The standard InChI is InChI=1S/C16H20N2O3/c17-15(19)9-10-21-14-8-4-3-7-13(14)18-16(20)11-12-5-1-2-6-12/h1,3-5,7-8,12H,2,6,9-11H2,(H2,17,19)(H,18,20). The lowest BCUT2D eigenvalue weighted by molar-refractivity contribution is -0.118. The van der Waals surface area contributed by atoms with Crippen molar-refractivity contribution in [3.8, 4) is 5.75 Å². The summed E-state index contributed by atoms with van der Waals surface area (Å²) in [4.78, 5) is 22.7. The SMILES string of the molecule is NC(=O)CCOc1ccccc1NC(=O)CC1C=CCC1. The first-order valence-electron chi connectivity index (χ1n) is 7.12. The van der Waals surface area contributed by atoms with Gasteiger partial charge in [-0.05, 0) is 30.9 Å². The molecule has 1 unspecified atom stereocenters. The van der Waals surface area contributed by atoms with Crippen molar-refractivity contribution in [2.75, 3.05) is 11.9 Å². The number of amides is 2. The van der Waals surface area contributed by atoms with E-state index < -0.39 is 5.91 Å². The summed E-state index contributed by atoms with van der Waals surface area (Å²) in [6.45, 7) is 0.202. The van der Waals surface area contributed by atoms with Gasteiger partial charge in [-0.1, -0.05) is 24.3 Å². The van der Waals surface area contributed by atoms with Crippen molar-refractivity contribution in [2.24, 2.45) is 11.7 Å². The Bertz CT molecular complexity index is 540. The molecule has 3 N–H and O–H groups in total. The van der Waals surface area contributed by atoms with Crippen molar-refractivity contribution in [1.29, 1.82) is 0 Å². The number of rotatable bonds is 7. The molecule has 0 heterocycles. The summed E-state index contributed by atoms with van der Waals surface area (Å²) in [5, 5.41) is 2.86. The van der Waals surface area contributed by atoms with Crippen LogP contribution in [0.1, 0.15) is 25.7 Å². The zero-order valence-corrected chi connectivity index (χ0v) is 11.9. The minimum absolute atomic E-state index is 0.0301. The predicted molar refractivity (Wildman–Crippen MR) is 80.9 cm³/mol. The Kier molecular flexibility index (Phi) is 5.37. The molecule has 112 valence electrons. The lowest BCUT2D eigenvalue weighted by Crippen LogP contribution is -2.17. The number of hydrogen-bond acceptors (Lipinski definition) is 3. The maximum Gasteiger partial charge on any atom is 0.225 e. The quantitative estimate of drug-likeness (QED) is 0.755. The predicted octanol–water partition coefficient (Wildman–Crippen LogP) is 2.24. The molecular formula is C16H20N2O3. The van der Waals surface area contributed by atoms with Crippen LogP contribution in [-0.2, 0) is 9.59 Å². The van der Waals surface area contributed by atoms with Crippen molar-refractivity contribution >= 4 is 17.5 Å². The van der Waals surface area contributed by atoms with Crippen molar-refractivity contribution < 1.29 is 14.3 Å². The van der Waals surface area contributed by atoms with Crippen molar-refractivity contribution in [3.63, 3.8) is 0 Å². The van der Waals surface area contributed by atoms with Gasteiger partial charge in [-0.3, -0.25) is 9.59 Å². The van der Waals surface area contributed by atoms with Crippen LogP contribution in [0.2, 0.25) is 0 Å². The summed E-state index contributed by atoms with van der Waals surface area (Å²) in [7, 11) is 0. The maximum atomic E-state index is 12.0. The van der Waals surface area contributed by atoms with Gasteiger partial charge < -0.3 is 15.8 Å². The molecule has 0 fully saturated rings. The minimum Gasteiger partial charge on any atom is -0.491 e. The smallest absolute Gasteiger partial charge is 0.225 e. The number of primary amides is 1. The van der Waals surface area contributed by atoms with Gasteiger partial charge in [0.25, 0.3) is 0 Å². The molecule has 2 amide bonds. The fourth-order valence-corrected chi connectivity index (χ4v) is 2.26. The van der Waals surface area contributed by atoms with Gasteiger partial charge in [0.05, 0.1) is 18.7 Å². The Morgan fingerprint density at radius 1 is 1.33 bits per heavy atom. The fraction of sp³-hybridized carbons (Fsp3) is 0.375. The Morgan fingerprint density at radius 3 is 2.86 bits per heavy atom. The minimum atomic E-state index is -0.412. The average Bonchev–Trinajstić information content (AvgIpc) is 2.93. The number of hydrogen-bond donors (Lipinski definition) is 2. The van der Waals surface area contributed by atoms with Crippen LogP contribution in [0.5, 0.6) is 5.75 Å². The second-order valence-corrected chi connectivity index (χ2v) is 5.08. The highest BCUT2D eigenvalue weighted by molar-refractivity contribution is 5.92. The van der Waals surface area contributed by atoms with Crippen LogP contribution >= 0.6 is 0 Å². The fourth-order valence-electron chi connectivity index (χ4n) is 2.26. The van der Waals surface area contributed by atoms with Crippen molar-refractivity contribution in [1.82, 2.24) is 0 Å². The van der Waals surface area contributed by atoms with E-state index in [2.05, 4.69) is 17.5 Å². The highest BCUT2D eigenvalue weighted by atomic mass is 16.5. The number of allylic oxidation sites excluding steroid dienone is 2. The van der Waals surface area contributed by atoms with Crippen LogP contribution in [-0.4, -0.2) is 18.4 Å². The van der Waals surface area contributed by atoms with Gasteiger partial charge in [-0.2, -0.15) is 0 Å². The summed E-state index contributed by atoms with van der Waals surface area (Å²) < 4.78 is 5.49. The van der Waals surface area contributed by atoms with Gasteiger partial charge in [-0.25, -0.2) is 0 Å². The van der Waals surface area contributed by atoms with Crippen LogP contribution < -0.4 is 15.8 Å². The molecule has 0 spiro atoms. The summed E-state index contributed by atoms with van der Waals surface area (Å²) in [6, 6.07) is 7.18. The van der Waals surface area contributed by atoms with E-state index in [0.717, 1.165) is 12.8 Å². The molecule has 1 aliphatic rings. The Morgan fingerprint density at radius 2 is 2.14 bits per heavy atom. The van der Waals surface area contributed by atoms with E-state index in [4.69, 9.17) is 10.5 Å². The van der Waals surface area contributed by atoms with Gasteiger partial charge in [0, 0.05) is 6.42 Å². The monoisotopic (exact) mass is 288 g/mol. The summed E-state index contributed by atoms with van der Waals surface area (Å²) >= 11 is 0. The van der Waals surface area contributed by atoms with Crippen molar-refractivity contribution in [2.45, 2.75) is 25.7 Å². The molecule has 1 aliphatic carbocycles. The molecule has 0 saturated heterocycles. The van der Waals surface area contributed by atoms with Gasteiger partial charge in [-0.15, -0.1) is 0 Å². The molecule has 2 rings (SSSR count). The van der Waals surface area contributed by atoms with Gasteiger partial charge >= 0.3 is 0 Å². The normalized spacial score (nSPS) is 16.7. The van der Waals surface area contributed by atoms with Crippen molar-refractivity contribution in [3.05, 3.63) is 36.4 Å². The first-order valence-corrected chi connectivity index (χ1v) is 7.12. The van der Waals surface area contributed by atoms with Crippen LogP contribution in [0.4, 0.5) is 5.69 Å². The van der Waals surface area contributed by atoms with Gasteiger partial charge in [0.1, 0.15) is 5.75 Å². The molecule has 1 aromatic rings. The van der Waals surface area contributed by atoms with Crippen LogP contribution in [0.25, 0.3) is 0 Å². The highest BCUT2D eigenvalue weighted by Gasteiger charge is 2.15. The largest absolute Gasteiger partial charge is 0.491 e. The van der Waals surface area contributed by atoms with E-state index in [-0.39, 0.29) is 18.9 Å². The zero-order chi connectivity index (χ0) is 15.1. The summed E-state index contributed by atoms with van der Waals surface area (Å²) in [6.07, 6.45) is 6.91. The van der Waals surface area contributed by atoms with E-state index in [1.54, 1.807) is 12.1 Å². The number of benzene rings is 1. The lowest BCUT2D eigenvalue weighted by atomic mass is 10.1. The van der Waals surface area contributed by atoms with Crippen LogP contribution in [0, 0.1) is 5.92 Å². The van der Waals surface area contributed by atoms with Gasteiger partial charge in [0.15, 0.2) is 0 Å². The second kappa shape index (κ2) is 7.47. The lowest BCUT2D eigenvalue weighted by Gasteiger charge is -2.13. The van der Waals surface area contributed by atoms with E-state index in [1.165, 1.54) is 0 Å². The number of nitrogens with two attached hydrogens (primary N) is 1. The van der Waals surface area contributed by atoms with Crippen LogP contribution in [0.15, 0.2) is 36.4 Å². The Balaban J connectivity index is 1.90. The molecule has 21 heavy (non-hydrogen) atoms. The summed E-state index contributed by atoms with van der Waals surface area (Å²) in [5.41, 5.74) is 5.69. The molecule has 5 heteroatoms. The number of para-hydroxylation sites is 2. The molecule has 0 bridgehead atoms. The number of carbonyl (C=O) groups excluding carboxylic acids is 2. The van der Waals surface area contributed by atoms with E-state index in [1.807, 2.05) is 12.1 Å². The molecule has 5 nitrogen and oxygen atoms in total. The van der Waals surface area contributed by atoms with Crippen LogP contribution in [0.3, 0.4) is 0 Å². The second-order valence-electron chi connectivity index (χ2n) is 5.08. The summed E-state index contributed by atoms with van der Waals surface area (Å²) in [5.74, 6) is 0.434. The Hall–Kier alpha value is -2.30. The van der Waals surface area contributed by atoms with E-state index in [0.29, 0.717) is 23.8 Å². The molecule has 0 aromatic heterocycles. The maximum absolute atomic E-state index is 12.0. The Labute approximate surface area is 124 Å². The van der Waals surface area contributed by atoms with E-state index in [9.17, 15) is 9.59 Å². The molecule has 0 saturated carbocycles.